The molecule has 0 fully saturated rings. The van der Waals surface area contributed by atoms with Crippen LogP contribution in [-0.2, 0) is 23.9 Å². The van der Waals surface area contributed by atoms with Gasteiger partial charge in [0.15, 0.2) is 0 Å². The van der Waals surface area contributed by atoms with E-state index in [-0.39, 0.29) is 18.8 Å². The van der Waals surface area contributed by atoms with Crippen LogP contribution in [0.2, 0.25) is 0 Å². The summed E-state index contributed by atoms with van der Waals surface area (Å²) in [4.78, 5) is 48.2. The van der Waals surface area contributed by atoms with Crippen molar-refractivity contribution in [2.45, 2.75) is 26.3 Å². The standard InChI is InChI=1S/C17H19Br2NO7/c1-3-26-13(21)8-12(17(25)27-4-2)14(16(23)24)20-15(22)9-5-10(18)7-11(19)6-9/h5-7,12,14H,3-4,8H2,1-2H3,(H,20,22)(H,23,24)/t12-,14+/m1/s1. The van der Waals surface area contributed by atoms with Crippen LogP contribution in [0.1, 0.15) is 30.6 Å². The highest BCUT2D eigenvalue weighted by Crippen LogP contribution is 2.21. The fraction of sp³-hybridized carbons (Fsp3) is 0.412. The zero-order chi connectivity index (χ0) is 20.6. The number of carboxylic acid groups (broad SMARTS) is 1. The first-order valence-corrected chi connectivity index (χ1v) is 9.60. The first kappa shape index (κ1) is 23.1. The monoisotopic (exact) mass is 507 g/mol. The number of benzene rings is 1. The molecule has 0 aliphatic rings. The first-order chi connectivity index (χ1) is 12.7. The summed E-state index contributed by atoms with van der Waals surface area (Å²) in [6.07, 6.45) is -0.536. The average molecular weight is 509 g/mol. The van der Waals surface area contributed by atoms with Gasteiger partial charge < -0.3 is 19.9 Å². The Balaban J connectivity index is 3.11. The van der Waals surface area contributed by atoms with Gasteiger partial charge in [-0.1, -0.05) is 31.9 Å². The molecular formula is C17H19Br2NO7. The van der Waals surface area contributed by atoms with Crippen molar-refractivity contribution in [3.8, 4) is 0 Å². The average Bonchev–Trinajstić information content (AvgIpc) is 2.57. The van der Waals surface area contributed by atoms with Gasteiger partial charge in [0, 0.05) is 14.5 Å². The molecule has 0 aliphatic carbocycles. The lowest BCUT2D eigenvalue weighted by molar-refractivity contribution is -0.159. The van der Waals surface area contributed by atoms with Crippen molar-refractivity contribution in [1.29, 1.82) is 0 Å². The van der Waals surface area contributed by atoms with E-state index in [1.54, 1.807) is 19.9 Å². The van der Waals surface area contributed by atoms with Crippen molar-refractivity contribution in [3.63, 3.8) is 0 Å². The lowest BCUT2D eigenvalue weighted by Crippen LogP contribution is -2.49. The molecule has 1 amide bonds. The molecule has 1 aromatic carbocycles. The van der Waals surface area contributed by atoms with Crippen LogP contribution >= 0.6 is 31.9 Å². The van der Waals surface area contributed by atoms with E-state index in [0.717, 1.165) is 0 Å². The number of carbonyl (C=O) groups excluding carboxylic acids is 3. The number of aliphatic carboxylic acids is 1. The Hall–Kier alpha value is -1.94. The van der Waals surface area contributed by atoms with E-state index in [1.807, 2.05) is 0 Å². The molecule has 8 nitrogen and oxygen atoms in total. The summed E-state index contributed by atoms with van der Waals surface area (Å²) in [6.45, 7) is 3.20. The molecule has 0 spiro atoms. The minimum absolute atomic E-state index is 0.00295. The van der Waals surface area contributed by atoms with E-state index in [1.165, 1.54) is 12.1 Å². The number of esters is 2. The molecule has 0 saturated heterocycles. The highest BCUT2D eigenvalue weighted by Gasteiger charge is 2.38. The number of nitrogens with one attached hydrogen (secondary N) is 1. The molecule has 0 unspecified atom stereocenters. The molecule has 0 radical (unpaired) electrons. The van der Waals surface area contributed by atoms with Crippen LogP contribution in [0.5, 0.6) is 0 Å². The van der Waals surface area contributed by atoms with Crippen LogP contribution in [0.15, 0.2) is 27.1 Å². The van der Waals surface area contributed by atoms with Gasteiger partial charge in [0.05, 0.1) is 25.6 Å². The summed E-state index contributed by atoms with van der Waals surface area (Å²) < 4.78 is 10.8. The zero-order valence-electron chi connectivity index (χ0n) is 14.7. The van der Waals surface area contributed by atoms with Crippen LogP contribution in [0.4, 0.5) is 0 Å². The van der Waals surface area contributed by atoms with Gasteiger partial charge in [-0.15, -0.1) is 0 Å². The molecule has 2 N–H and O–H groups in total. The fourth-order valence-corrected chi connectivity index (χ4v) is 3.52. The molecular weight excluding hydrogens is 490 g/mol. The second-order valence-electron chi connectivity index (χ2n) is 5.32. The molecule has 1 rings (SSSR count). The highest BCUT2D eigenvalue weighted by atomic mass is 79.9. The van der Waals surface area contributed by atoms with Gasteiger partial charge in [-0.05, 0) is 32.0 Å². The molecule has 0 heterocycles. The van der Waals surface area contributed by atoms with Crippen molar-refractivity contribution in [3.05, 3.63) is 32.7 Å². The number of rotatable bonds is 9. The van der Waals surface area contributed by atoms with E-state index < -0.39 is 42.2 Å². The minimum atomic E-state index is -1.67. The number of carbonyl (C=O) groups is 4. The van der Waals surface area contributed by atoms with Gasteiger partial charge in [-0.25, -0.2) is 4.79 Å². The maximum absolute atomic E-state index is 12.5. The summed E-state index contributed by atoms with van der Waals surface area (Å²) in [5.41, 5.74) is 0.168. The van der Waals surface area contributed by atoms with Crippen molar-refractivity contribution in [2.75, 3.05) is 13.2 Å². The normalized spacial score (nSPS) is 12.6. The third kappa shape index (κ3) is 7.30. The number of ether oxygens (including phenoxy) is 2. The lowest BCUT2D eigenvalue weighted by atomic mass is 9.95. The number of hydrogen-bond acceptors (Lipinski definition) is 6. The Kier molecular flexibility index (Phi) is 9.44. The first-order valence-electron chi connectivity index (χ1n) is 8.01. The van der Waals surface area contributed by atoms with Gasteiger partial charge in [-0.2, -0.15) is 0 Å². The van der Waals surface area contributed by atoms with Gasteiger partial charge in [-0.3, -0.25) is 14.4 Å². The quantitative estimate of drug-likeness (QED) is 0.492. The second kappa shape index (κ2) is 11.0. The van der Waals surface area contributed by atoms with Crippen LogP contribution in [0.25, 0.3) is 0 Å². The number of amides is 1. The van der Waals surface area contributed by atoms with Crippen molar-refractivity contribution in [2.24, 2.45) is 5.92 Å². The summed E-state index contributed by atoms with van der Waals surface area (Å²) in [7, 11) is 0. The summed E-state index contributed by atoms with van der Waals surface area (Å²) in [6, 6.07) is 3.01. The van der Waals surface area contributed by atoms with Crippen LogP contribution in [0, 0.1) is 5.92 Å². The van der Waals surface area contributed by atoms with E-state index in [9.17, 15) is 24.3 Å². The van der Waals surface area contributed by atoms with E-state index in [0.29, 0.717) is 8.95 Å². The smallest absolute Gasteiger partial charge is 0.327 e. The fourth-order valence-electron chi connectivity index (χ4n) is 2.23. The molecule has 10 heteroatoms. The third-order valence-electron chi connectivity index (χ3n) is 3.36. The van der Waals surface area contributed by atoms with Gasteiger partial charge in [0.2, 0.25) is 0 Å². The Morgan fingerprint density at radius 1 is 1.04 bits per heavy atom. The second-order valence-corrected chi connectivity index (χ2v) is 7.15. The van der Waals surface area contributed by atoms with Crippen LogP contribution < -0.4 is 5.32 Å². The SMILES string of the molecule is CCOC(=O)C[C@@H](C(=O)OCC)[C@H](NC(=O)c1cc(Br)cc(Br)c1)C(=O)O. The molecule has 148 valence electrons. The lowest BCUT2D eigenvalue weighted by Gasteiger charge is -2.23. The molecule has 2 atom stereocenters. The topological polar surface area (TPSA) is 119 Å². The summed E-state index contributed by atoms with van der Waals surface area (Å²) in [5.74, 6) is -5.29. The van der Waals surface area contributed by atoms with Gasteiger partial charge in [0.25, 0.3) is 5.91 Å². The number of carboxylic acids is 1. The Labute approximate surface area is 172 Å². The van der Waals surface area contributed by atoms with Crippen molar-refractivity contribution in [1.82, 2.24) is 5.32 Å². The van der Waals surface area contributed by atoms with E-state index in [2.05, 4.69) is 37.2 Å². The van der Waals surface area contributed by atoms with Crippen molar-refractivity contribution < 1.29 is 33.8 Å². The van der Waals surface area contributed by atoms with E-state index >= 15 is 0 Å². The Morgan fingerprint density at radius 2 is 1.59 bits per heavy atom. The highest BCUT2D eigenvalue weighted by molar-refractivity contribution is 9.11. The maximum Gasteiger partial charge on any atom is 0.327 e. The van der Waals surface area contributed by atoms with Gasteiger partial charge in [0.1, 0.15) is 6.04 Å². The molecule has 0 bridgehead atoms. The van der Waals surface area contributed by atoms with Crippen LogP contribution in [-0.4, -0.2) is 48.2 Å². The maximum atomic E-state index is 12.5. The number of halogens is 2. The zero-order valence-corrected chi connectivity index (χ0v) is 17.8. The van der Waals surface area contributed by atoms with Crippen LogP contribution in [0.3, 0.4) is 0 Å². The number of hydrogen-bond donors (Lipinski definition) is 2. The largest absolute Gasteiger partial charge is 0.480 e. The predicted molar refractivity (Wildman–Crippen MR) is 102 cm³/mol. The molecule has 0 aromatic heterocycles. The Morgan fingerprint density at radius 3 is 2.07 bits per heavy atom. The van der Waals surface area contributed by atoms with Gasteiger partial charge >= 0.3 is 17.9 Å². The predicted octanol–water partition coefficient (Wildman–Crippen LogP) is 2.53. The molecule has 0 saturated carbocycles. The summed E-state index contributed by atoms with van der Waals surface area (Å²) in [5, 5.41) is 11.8. The molecule has 1 aromatic rings. The molecule has 27 heavy (non-hydrogen) atoms. The summed E-state index contributed by atoms with van der Waals surface area (Å²) >= 11 is 6.47. The molecule has 0 aliphatic heterocycles. The minimum Gasteiger partial charge on any atom is -0.480 e. The van der Waals surface area contributed by atoms with Crippen molar-refractivity contribution >= 4 is 55.7 Å². The van der Waals surface area contributed by atoms with E-state index in [4.69, 9.17) is 9.47 Å². The Bertz CT molecular complexity index is 703. The third-order valence-corrected chi connectivity index (χ3v) is 4.28.